The summed E-state index contributed by atoms with van der Waals surface area (Å²) in [5, 5.41) is 0.286. The number of nitrogens with two attached hydrogens (primary N) is 1. The molecule has 0 saturated heterocycles. The highest BCUT2D eigenvalue weighted by Crippen LogP contribution is 2.21. The zero-order chi connectivity index (χ0) is 8.27. The zero-order valence-electron chi connectivity index (χ0n) is 7.08. The van der Waals surface area contributed by atoms with Crippen molar-refractivity contribution in [2.75, 3.05) is 5.75 Å². The van der Waals surface area contributed by atoms with E-state index in [-0.39, 0.29) is 11.3 Å². The second-order valence-corrected chi connectivity index (χ2v) is 5.10. The van der Waals surface area contributed by atoms with Crippen molar-refractivity contribution >= 4 is 10.8 Å². The number of hydrogen-bond donors (Lipinski definition) is 1. The van der Waals surface area contributed by atoms with Gasteiger partial charge in [0.25, 0.3) is 0 Å². The Hall–Kier alpha value is 0.110. The van der Waals surface area contributed by atoms with Gasteiger partial charge in [0.1, 0.15) is 0 Å². The zero-order valence-corrected chi connectivity index (χ0v) is 7.90. The topological polar surface area (TPSA) is 43.1 Å². The highest BCUT2D eigenvalue weighted by Gasteiger charge is 2.25. The van der Waals surface area contributed by atoms with Crippen LogP contribution in [0.4, 0.5) is 0 Å². The monoisotopic (exact) mass is 175 g/mol. The van der Waals surface area contributed by atoms with E-state index in [2.05, 4.69) is 0 Å². The maximum Gasteiger partial charge on any atom is 0.0498 e. The lowest BCUT2D eigenvalue weighted by Crippen LogP contribution is -2.40. The van der Waals surface area contributed by atoms with E-state index >= 15 is 0 Å². The van der Waals surface area contributed by atoms with Crippen molar-refractivity contribution in [1.82, 2.24) is 0 Å². The van der Waals surface area contributed by atoms with Crippen LogP contribution in [0, 0.1) is 0 Å². The highest BCUT2D eigenvalue weighted by atomic mass is 32.2. The van der Waals surface area contributed by atoms with Gasteiger partial charge in [0, 0.05) is 27.8 Å². The van der Waals surface area contributed by atoms with Crippen molar-refractivity contribution < 1.29 is 4.21 Å². The fourth-order valence-corrected chi connectivity index (χ4v) is 3.05. The van der Waals surface area contributed by atoms with Crippen molar-refractivity contribution in [2.24, 2.45) is 5.73 Å². The lowest BCUT2D eigenvalue weighted by atomic mass is 9.96. The first kappa shape index (κ1) is 9.20. The third kappa shape index (κ3) is 2.27. The Morgan fingerprint density at radius 3 is 2.64 bits per heavy atom. The molecule has 0 spiro atoms. The third-order valence-corrected chi connectivity index (χ3v) is 4.21. The molecule has 0 unspecified atom stereocenters. The van der Waals surface area contributed by atoms with Crippen LogP contribution >= 0.6 is 0 Å². The largest absolute Gasteiger partial charge is 0.327 e. The third-order valence-electron chi connectivity index (χ3n) is 2.38. The van der Waals surface area contributed by atoms with E-state index < -0.39 is 10.8 Å². The second kappa shape index (κ2) is 4.21. The molecule has 0 radical (unpaired) electrons. The van der Waals surface area contributed by atoms with Gasteiger partial charge in [0.15, 0.2) is 0 Å². The van der Waals surface area contributed by atoms with E-state index in [0.717, 1.165) is 18.6 Å². The van der Waals surface area contributed by atoms with Crippen LogP contribution in [0.3, 0.4) is 0 Å². The SMILES string of the molecule is CC[S@](=O)[C@H]1CCCC[C@H]1N. The van der Waals surface area contributed by atoms with Crippen molar-refractivity contribution in [3.05, 3.63) is 0 Å². The normalized spacial score (nSPS) is 35.1. The van der Waals surface area contributed by atoms with E-state index in [1.54, 1.807) is 0 Å². The van der Waals surface area contributed by atoms with Gasteiger partial charge < -0.3 is 5.73 Å². The summed E-state index contributed by atoms with van der Waals surface area (Å²) in [6.45, 7) is 1.97. The first-order chi connectivity index (χ1) is 5.25. The Labute approximate surface area is 71.0 Å². The summed E-state index contributed by atoms with van der Waals surface area (Å²) >= 11 is 0. The van der Waals surface area contributed by atoms with E-state index in [1.165, 1.54) is 12.8 Å². The fraction of sp³-hybridized carbons (Fsp3) is 1.00. The van der Waals surface area contributed by atoms with Crippen molar-refractivity contribution in [1.29, 1.82) is 0 Å². The van der Waals surface area contributed by atoms with Gasteiger partial charge in [0.05, 0.1) is 0 Å². The van der Waals surface area contributed by atoms with E-state index in [1.807, 2.05) is 6.92 Å². The first-order valence-electron chi connectivity index (χ1n) is 4.38. The minimum atomic E-state index is -0.669. The van der Waals surface area contributed by atoms with Crippen molar-refractivity contribution in [2.45, 2.75) is 43.9 Å². The Balaban J connectivity index is 2.47. The Bertz CT molecular complexity index is 149. The summed E-state index contributed by atoms with van der Waals surface area (Å²) in [5.41, 5.74) is 5.86. The van der Waals surface area contributed by atoms with Gasteiger partial charge in [-0.15, -0.1) is 0 Å². The Kier molecular flexibility index (Phi) is 3.52. The predicted molar refractivity (Wildman–Crippen MR) is 48.9 cm³/mol. The molecule has 0 bridgehead atoms. The average molecular weight is 175 g/mol. The quantitative estimate of drug-likeness (QED) is 0.681. The van der Waals surface area contributed by atoms with Crippen LogP contribution < -0.4 is 5.73 Å². The second-order valence-electron chi connectivity index (χ2n) is 3.16. The highest BCUT2D eigenvalue weighted by molar-refractivity contribution is 7.85. The van der Waals surface area contributed by atoms with E-state index in [9.17, 15) is 4.21 Å². The van der Waals surface area contributed by atoms with Crippen LogP contribution in [0.2, 0.25) is 0 Å². The molecule has 3 heteroatoms. The molecule has 66 valence electrons. The molecule has 2 N–H and O–H groups in total. The molecule has 11 heavy (non-hydrogen) atoms. The number of rotatable bonds is 2. The molecule has 1 rings (SSSR count). The van der Waals surface area contributed by atoms with E-state index in [0.29, 0.717) is 0 Å². The summed E-state index contributed by atoms with van der Waals surface area (Å²) < 4.78 is 11.4. The van der Waals surface area contributed by atoms with Gasteiger partial charge in [-0.25, -0.2) is 0 Å². The first-order valence-corrected chi connectivity index (χ1v) is 5.76. The molecule has 1 fully saturated rings. The molecular formula is C8H17NOS. The minimum absolute atomic E-state index is 0.199. The van der Waals surface area contributed by atoms with Gasteiger partial charge >= 0.3 is 0 Å². The molecule has 2 nitrogen and oxygen atoms in total. The van der Waals surface area contributed by atoms with Gasteiger partial charge in [-0.05, 0) is 12.8 Å². The molecule has 0 aliphatic heterocycles. The smallest absolute Gasteiger partial charge is 0.0498 e. The molecule has 0 heterocycles. The molecular weight excluding hydrogens is 158 g/mol. The molecule has 0 aromatic carbocycles. The maximum absolute atomic E-state index is 11.4. The van der Waals surface area contributed by atoms with Gasteiger partial charge in [-0.1, -0.05) is 19.8 Å². The average Bonchev–Trinajstić information content (AvgIpc) is 2.04. The summed E-state index contributed by atoms with van der Waals surface area (Å²) in [7, 11) is -0.669. The lowest BCUT2D eigenvalue weighted by Gasteiger charge is -2.27. The molecule has 3 atom stereocenters. The molecule has 1 saturated carbocycles. The summed E-state index contributed by atoms with van der Waals surface area (Å²) in [5.74, 6) is 0.762. The maximum atomic E-state index is 11.4. The van der Waals surface area contributed by atoms with Crippen molar-refractivity contribution in [3.8, 4) is 0 Å². The predicted octanol–water partition coefficient (Wildman–Crippen LogP) is 1.02. The standard InChI is InChI=1S/C8H17NOS/c1-2-11(10)8-6-4-3-5-7(8)9/h7-8H,2-6,9H2,1H3/t7-,8+,11+/m1/s1. The Morgan fingerprint density at radius 1 is 1.45 bits per heavy atom. The molecule has 0 amide bonds. The number of hydrogen-bond acceptors (Lipinski definition) is 2. The summed E-state index contributed by atoms with van der Waals surface area (Å²) in [4.78, 5) is 0. The Morgan fingerprint density at radius 2 is 2.09 bits per heavy atom. The molecule has 0 aromatic heterocycles. The fourth-order valence-electron chi connectivity index (χ4n) is 1.67. The molecule has 0 aromatic rings. The summed E-state index contributed by atoms with van der Waals surface area (Å²) in [6.07, 6.45) is 4.57. The van der Waals surface area contributed by atoms with Crippen LogP contribution in [0.1, 0.15) is 32.6 Å². The molecule has 1 aliphatic carbocycles. The van der Waals surface area contributed by atoms with E-state index in [4.69, 9.17) is 5.73 Å². The lowest BCUT2D eigenvalue weighted by molar-refractivity contribution is 0.445. The van der Waals surface area contributed by atoms with Crippen LogP contribution in [0.15, 0.2) is 0 Å². The van der Waals surface area contributed by atoms with Gasteiger partial charge in [0.2, 0.25) is 0 Å². The van der Waals surface area contributed by atoms with Crippen LogP contribution in [0.5, 0.6) is 0 Å². The van der Waals surface area contributed by atoms with Crippen molar-refractivity contribution in [3.63, 3.8) is 0 Å². The van der Waals surface area contributed by atoms with Crippen LogP contribution in [0.25, 0.3) is 0 Å². The summed E-state index contributed by atoms with van der Waals surface area (Å²) in [6, 6.07) is 0.199. The van der Waals surface area contributed by atoms with Gasteiger partial charge in [-0.3, -0.25) is 4.21 Å². The van der Waals surface area contributed by atoms with Crippen LogP contribution in [-0.2, 0) is 10.8 Å². The van der Waals surface area contributed by atoms with Crippen LogP contribution in [-0.4, -0.2) is 21.3 Å². The molecule has 1 aliphatic rings. The van der Waals surface area contributed by atoms with Gasteiger partial charge in [-0.2, -0.15) is 0 Å². The minimum Gasteiger partial charge on any atom is -0.327 e.